The molecule has 1 saturated heterocycles. The minimum atomic E-state index is -0.825. The number of carbonyl (C=O) groups is 2. The molecule has 196 valence electrons. The second-order valence-corrected chi connectivity index (χ2v) is 9.90. The van der Waals surface area contributed by atoms with Crippen molar-refractivity contribution in [3.8, 4) is 11.5 Å². The summed E-state index contributed by atoms with van der Waals surface area (Å²) in [6.07, 6.45) is 7.36. The number of aromatic amines is 1. The standard InChI is InChI=1S/C31H32N2O5/c1-3-4-5-15-37-25-8-6-7-22(18-25)28-27(29(34)23-9-10-26-24(17-23)16-20(2)38-26)30(35)31(36)33(28)19-21-11-13-32-14-12-21/h6-14,17-18,20,28,34H,3-5,15-16,19H2,1-2H3. The first kappa shape index (κ1) is 25.5. The number of ketones is 1. The van der Waals surface area contributed by atoms with Gasteiger partial charge in [0.05, 0.1) is 12.6 Å². The number of rotatable bonds is 9. The zero-order chi connectivity index (χ0) is 26.6. The van der Waals surface area contributed by atoms with E-state index in [9.17, 15) is 14.7 Å². The quantitative estimate of drug-likeness (QED) is 0.188. The predicted octanol–water partition coefficient (Wildman–Crippen LogP) is 3.82. The highest BCUT2D eigenvalue weighted by Gasteiger charge is 2.44. The number of carbonyl (C=O) groups excluding carboxylic acids is 2. The Bertz CT molecular complexity index is 1370. The predicted molar refractivity (Wildman–Crippen MR) is 140 cm³/mol. The lowest BCUT2D eigenvalue weighted by atomic mass is 9.94. The molecule has 2 aliphatic heterocycles. The lowest BCUT2D eigenvalue weighted by Crippen LogP contribution is -2.29. The molecule has 3 heterocycles. The fourth-order valence-electron chi connectivity index (χ4n) is 5.14. The van der Waals surface area contributed by atoms with Crippen LogP contribution in [0.1, 0.15) is 61.4 Å². The van der Waals surface area contributed by atoms with E-state index in [0.717, 1.165) is 36.1 Å². The molecule has 5 rings (SSSR count). The Labute approximate surface area is 222 Å². The van der Waals surface area contributed by atoms with Gasteiger partial charge in [-0.3, -0.25) is 9.59 Å². The van der Waals surface area contributed by atoms with Crippen LogP contribution in [0.15, 0.2) is 72.6 Å². The summed E-state index contributed by atoms with van der Waals surface area (Å²) < 4.78 is 11.7. The van der Waals surface area contributed by atoms with Gasteiger partial charge in [0.15, 0.2) is 12.4 Å². The smallest absolute Gasteiger partial charge is 0.295 e. The van der Waals surface area contributed by atoms with Gasteiger partial charge in [-0.2, -0.15) is 0 Å². The van der Waals surface area contributed by atoms with Gasteiger partial charge in [0.2, 0.25) is 5.78 Å². The number of benzene rings is 2. The molecule has 38 heavy (non-hydrogen) atoms. The Morgan fingerprint density at radius 1 is 1.11 bits per heavy atom. The van der Waals surface area contributed by atoms with Crippen LogP contribution < -0.4 is 19.6 Å². The third-order valence-corrected chi connectivity index (χ3v) is 7.02. The number of hydrogen-bond donors (Lipinski definition) is 0. The SMILES string of the molecule is CCCCCOc1cccc(C2C(=C([O-])c3ccc4c(c3)CC(C)O4)C(=O)C(=O)N2Cc2cc[nH+]cc2)c1. The molecule has 2 unspecified atom stereocenters. The van der Waals surface area contributed by atoms with Gasteiger partial charge in [-0.15, -0.1) is 0 Å². The van der Waals surface area contributed by atoms with Crippen molar-refractivity contribution in [1.29, 1.82) is 0 Å². The topological polar surface area (TPSA) is 93.0 Å². The van der Waals surface area contributed by atoms with Crippen molar-refractivity contribution in [3.63, 3.8) is 0 Å². The Kier molecular flexibility index (Phi) is 7.45. The number of likely N-dealkylation sites (tertiary alicyclic amines) is 1. The lowest BCUT2D eigenvalue weighted by molar-refractivity contribution is -0.378. The van der Waals surface area contributed by atoms with Gasteiger partial charge in [-0.05, 0) is 59.9 Å². The van der Waals surface area contributed by atoms with Crippen molar-refractivity contribution in [2.45, 2.75) is 58.2 Å². The normalized spacial score (nSPS) is 19.9. The second kappa shape index (κ2) is 11.1. The number of nitrogens with one attached hydrogen (secondary N) is 1. The highest BCUT2D eigenvalue weighted by atomic mass is 16.5. The van der Waals surface area contributed by atoms with E-state index in [1.807, 2.05) is 43.3 Å². The molecule has 0 spiro atoms. The zero-order valence-corrected chi connectivity index (χ0v) is 21.7. The van der Waals surface area contributed by atoms with E-state index >= 15 is 0 Å². The molecule has 7 heteroatoms. The summed E-state index contributed by atoms with van der Waals surface area (Å²) in [7, 11) is 0. The van der Waals surface area contributed by atoms with Crippen LogP contribution >= 0.6 is 0 Å². The van der Waals surface area contributed by atoms with Gasteiger partial charge >= 0.3 is 0 Å². The van der Waals surface area contributed by atoms with Gasteiger partial charge in [0, 0.05) is 30.7 Å². The van der Waals surface area contributed by atoms with E-state index in [0.29, 0.717) is 29.9 Å². The molecule has 1 fully saturated rings. The van der Waals surface area contributed by atoms with Crippen LogP contribution in [0.3, 0.4) is 0 Å². The maximum absolute atomic E-state index is 13.9. The summed E-state index contributed by atoms with van der Waals surface area (Å²) in [4.78, 5) is 31.2. The number of hydrogen-bond acceptors (Lipinski definition) is 5. The number of nitrogens with zero attached hydrogens (tertiary/aromatic N) is 1. The van der Waals surface area contributed by atoms with E-state index in [2.05, 4.69) is 11.9 Å². The summed E-state index contributed by atoms with van der Waals surface area (Å²) in [6, 6.07) is 15.5. The van der Waals surface area contributed by atoms with Crippen LogP contribution in [-0.4, -0.2) is 29.3 Å². The van der Waals surface area contributed by atoms with Gasteiger partial charge in [0.25, 0.3) is 5.91 Å². The minimum absolute atomic E-state index is 0.0316. The first-order valence-corrected chi connectivity index (χ1v) is 13.2. The number of ether oxygens (including phenoxy) is 2. The molecule has 0 aliphatic carbocycles. The van der Waals surface area contributed by atoms with Gasteiger partial charge in [-0.25, -0.2) is 4.98 Å². The Morgan fingerprint density at radius 3 is 2.71 bits per heavy atom. The maximum atomic E-state index is 13.9. The number of fused-ring (bicyclic) bond motifs is 1. The van der Waals surface area contributed by atoms with Gasteiger partial charge in [0.1, 0.15) is 17.6 Å². The van der Waals surface area contributed by atoms with Crippen molar-refractivity contribution in [1.82, 2.24) is 4.90 Å². The molecule has 0 bridgehead atoms. The molecule has 0 radical (unpaired) electrons. The molecule has 2 atom stereocenters. The van der Waals surface area contributed by atoms with E-state index in [-0.39, 0.29) is 18.2 Å². The monoisotopic (exact) mass is 512 g/mol. The molecule has 7 nitrogen and oxygen atoms in total. The maximum Gasteiger partial charge on any atom is 0.295 e. The molecule has 2 aromatic carbocycles. The van der Waals surface area contributed by atoms with Crippen LogP contribution in [0.2, 0.25) is 0 Å². The average molecular weight is 513 g/mol. The third-order valence-electron chi connectivity index (χ3n) is 7.02. The fraction of sp³-hybridized carbons (Fsp3) is 0.323. The van der Waals surface area contributed by atoms with Crippen molar-refractivity contribution in [3.05, 3.63) is 94.8 Å². The largest absolute Gasteiger partial charge is 0.872 e. The highest BCUT2D eigenvalue weighted by Crippen LogP contribution is 2.41. The van der Waals surface area contributed by atoms with Crippen LogP contribution in [0.25, 0.3) is 5.76 Å². The first-order valence-electron chi connectivity index (χ1n) is 13.2. The van der Waals surface area contributed by atoms with Crippen molar-refractivity contribution < 1.29 is 29.2 Å². The van der Waals surface area contributed by atoms with Gasteiger partial charge in [-0.1, -0.05) is 43.7 Å². The summed E-state index contributed by atoms with van der Waals surface area (Å²) >= 11 is 0. The Morgan fingerprint density at radius 2 is 1.92 bits per heavy atom. The molecule has 1 aromatic heterocycles. The number of pyridine rings is 1. The van der Waals surface area contributed by atoms with Crippen LogP contribution in [0, 0.1) is 0 Å². The fourth-order valence-corrected chi connectivity index (χ4v) is 5.14. The zero-order valence-electron chi connectivity index (χ0n) is 21.7. The number of amides is 1. The van der Waals surface area contributed by atoms with Crippen molar-refractivity contribution >= 4 is 17.4 Å². The molecule has 1 amide bonds. The summed E-state index contributed by atoms with van der Waals surface area (Å²) in [5.74, 6) is -0.482. The van der Waals surface area contributed by atoms with E-state index in [1.54, 1.807) is 30.6 Å². The summed E-state index contributed by atoms with van der Waals surface area (Å²) in [6.45, 7) is 4.88. The lowest BCUT2D eigenvalue weighted by Gasteiger charge is -2.28. The molecule has 2 aliphatic rings. The molecule has 0 saturated carbocycles. The number of unbranched alkanes of at least 4 members (excludes halogenated alkanes) is 2. The Hall–Kier alpha value is -4.13. The minimum Gasteiger partial charge on any atom is -0.872 e. The van der Waals surface area contributed by atoms with Gasteiger partial charge < -0.3 is 19.5 Å². The third kappa shape index (κ3) is 5.14. The highest BCUT2D eigenvalue weighted by molar-refractivity contribution is 6.46. The van der Waals surface area contributed by atoms with Crippen LogP contribution in [0.4, 0.5) is 0 Å². The number of aromatic nitrogens is 1. The molecule has 3 aromatic rings. The molecular formula is C31H32N2O5. The van der Waals surface area contributed by atoms with Crippen LogP contribution in [0.5, 0.6) is 11.5 Å². The van der Waals surface area contributed by atoms with E-state index in [4.69, 9.17) is 9.47 Å². The van der Waals surface area contributed by atoms with Crippen molar-refractivity contribution in [2.75, 3.05) is 6.61 Å². The number of Topliss-reactive ketones (excluding diaryl/α,β-unsaturated/α-hetero) is 1. The number of H-pyrrole nitrogens is 1. The van der Waals surface area contributed by atoms with Crippen molar-refractivity contribution in [2.24, 2.45) is 0 Å². The summed E-state index contributed by atoms with van der Waals surface area (Å²) in [5, 5.41) is 13.9. The second-order valence-electron chi connectivity index (χ2n) is 9.90. The Balaban J connectivity index is 1.56. The average Bonchev–Trinajstić information content (AvgIpc) is 3.42. The van der Waals surface area contributed by atoms with Crippen LogP contribution in [-0.2, 0) is 22.6 Å². The van der Waals surface area contributed by atoms with E-state index < -0.39 is 23.5 Å². The van der Waals surface area contributed by atoms with E-state index in [1.165, 1.54) is 4.90 Å². The molecular weight excluding hydrogens is 480 g/mol. The first-order chi connectivity index (χ1) is 18.5. The summed E-state index contributed by atoms with van der Waals surface area (Å²) in [5.41, 5.74) is 2.79. The molecule has 1 N–H and O–H groups in total.